The Hall–Kier alpha value is -2.04. The van der Waals surface area contributed by atoms with Gasteiger partial charge in [-0.25, -0.2) is 30.3 Å². The monoisotopic (exact) mass is 388 g/mol. The summed E-state index contributed by atoms with van der Waals surface area (Å²) >= 11 is 0. The summed E-state index contributed by atoms with van der Waals surface area (Å²) in [6.07, 6.45) is 1.58. The molecule has 0 atom stereocenters. The standard InChI is InChI=1S/C15H14F2N2O4S2/c16-10-1-8-15(14(17)9-10)25(22,23)19-12-4-6-13(7-5-12)24(20,21)18-11-2-3-11/h1,4-9,11,18-19H,2-3H2. The summed E-state index contributed by atoms with van der Waals surface area (Å²) in [5, 5.41) is 0. The van der Waals surface area contributed by atoms with E-state index in [2.05, 4.69) is 9.44 Å². The molecular formula is C15H14F2N2O4S2. The highest BCUT2D eigenvalue weighted by atomic mass is 32.2. The van der Waals surface area contributed by atoms with Crippen molar-refractivity contribution in [3.63, 3.8) is 0 Å². The minimum absolute atomic E-state index is 0.00434. The predicted octanol–water partition coefficient (Wildman–Crippen LogP) is 2.21. The highest BCUT2D eigenvalue weighted by Crippen LogP contribution is 2.24. The average Bonchev–Trinajstić information content (AvgIpc) is 3.30. The van der Waals surface area contributed by atoms with Crippen molar-refractivity contribution in [3.8, 4) is 0 Å². The maximum atomic E-state index is 13.6. The lowest BCUT2D eigenvalue weighted by molar-refractivity contribution is 0.551. The number of anilines is 1. The average molecular weight is 388 g/mol. The van der Waals surface area contributed by atoms with Gasteiger partial charge >= 0.3 is 0 Å². The highest BCUT2D eigenvalue weighted by molar-refractivity contribution is 7.92. The Balaban J connectivity index is 1.80. The molecule has 0 radical (unpaired) electrons. The van der Waals surface area contributed by atoms with E-state index in [4.69, 9.17) is 0 Å². The largest absolute Gasteiger partial charge is 0.280 e. The molecule has 0 aromatic heterocycles. The van der Waals surface area contributed by atoms with Crippen molar-refractivity contribution in [2.24, 2.45) is 0 Å². The Morgan fingerprint density at radius 1 is 0.880 bits per heavy atom. The topological polar surface area (TPSA) is 92.3 Å². The minimum Gasteiger partial charge on any atom is -0.280 e. The van der Waals surface area contributed by atoms with E-state index in [0.29, 0.717) is 6.07 Å². The van der Waals surface area contributed by atoms with Gasteiger partial charge < -0.3 is 0 Å². The quantitative estimate of drug-likeness (QED) is 0.794. The third-order valence-electron chi connectivity index (χ3n) is 3.50. The number of hydrogen-bond acceptors (Lipinski definition) is 4. The van der Waals surface area contributed by atoms with Crippen LogP contribution in [0.2, 0.25) is 0 Å². The number of benzene rings is 2. The van der Waals surface area contributed by atoms with E-state index in [9.17, 15) is 25.6 Å². The first-order valence-electron chi connectivity index (χ1n) is 7.28. The van der Waals surface area contributed by atoms with E-state index in [0.717, 1.165) is 25.0 Å². The van der Waals surface area contributed by atoms with Gasteiger partial charge in [0.2, 0.25) is 10.0 Å². The molecule has 2 aromatic carbocycles. The summed E-state index contributed by atoms with van der Waals surface area (Å²) in [7, 11) is -7.92. The number of halogens is 2. The van der Waals surface area contributed by atoms with Gasteiger partial charge in [0.15, 0.2) is 0 Å². The summed E-state index contributed by atoms with van der Waals surface area (Å²) in [6, 6.07) is 7.04. The van der Waals surface area contributed by atoms with E-state index in [1.54, 1.807) is 0 Å². The lowest BCUT2D eigenvalue weighted by Gasteiger charge is -2.10. The normalized spacial score (nSPS) is 15.1. The van der Waals surface area contributed by atoms with Crippen LogP contribution in [0.1, 0.15) is 12.8 Å². The molecule has 0 bridgehead atoms. The maximum Gasteiger partial charge on any atom is 0.264 e. The van der Waals surface area contributed by atoms with Gasteiger partial charge in [-0.1, -0.05) is 0 Å². The number of hydrogen-bond donors (Lipinski definition) is 2. The molecule has 0 saturated heterocycles. The summed E-state index contributed by atoms with van der Waals surface area (Å²) in [5.41, 5.74) is 0.0501. The van der Waals surface area contributed by atoms with Crippen LogP contribution in [0, 0.1) is 11.6 Å². The predicted molar refractivity (Wildman–Crippen MR) is 87.0 cm³/mol. The molecule has 1 saturated carbocycles. The van der Waals surface area contributed by atoms with E-state index < -0.39 is 36.6 Å². The van der Waals surface area contributed by atoms with Gasteiger partial charge in [0.1, 0.15) is 16.5 Å². The molecule has 1 fully saturated rings. The van der Waals surface area contributed by atoms with Crippen molar-refractivity contribution in [2.75, 3.05) is 4.72 Å². The Labute approximate surface area is 144 Å². The van der Waals surface area contributed by atoms with E-state index >= 15 is 0 Å². The lowest BCUT2D eigenvalue weighted by Crippen LogP contribution is -2.25. The second-order valence-corrected chi connectivity index (χ2v) is 8.96. The van der Waals surface area contributed by atoms with Crippen LogP contribution in [0.4, 0.5) is 14.5 Å². The van der Waals surface area contributed by atoms with Crippen LogP contribution in [0.15, 0.2) is 52.3 Å². The fraction of sp³-hybridized carbons (Fsp3) is 0.200. The third kappa shape index (κ3) is 4.14. The first-order valence-corrected chi connectivity index (χ1v) is 10.2. The molecule has 0 heterocycles. The fourth-order valence-corrected chi connectivity index (χ4v) is 4.52. The SMILES string of the molecule is O=S(=O)(NC1CC1)c1ccc(NS(=O)(=O)c2ccc(F)cc2F)cc1. The smallest absolute Gasteiger partial charge is 0.264 e. The summed E-state index contributed by atoms with van der Waals surface area (Å²) in [4.78, 5) is -0.712. The van der Waals surface area contributed by atoms with Gasteiger partial charge in [0, 0.05) is 17.8 Å². The molecule has 10 heteroatoms. The zero-order chi connectivity index (χ0) is 18.2. The van der Waals surface area contributed by atoms with E-state index in [-0.39, 0.29) is 16.6 Å². The van der Waals surface area contributed by atoms with Crippen LogP contribution in [0.25, 0.3) is 0 Å². The van der Waals surface area contributed by atoms with Gasteiger partial charge in [0.05, 0.1) is 4.90 Å². The molecule has 0 aliphatic heterocycles. The highest BCUT2D eigenvalue weighted by Gasteiger charge is 2.28. The van der Waals surface area contributed by atoms with E-state index in [1.807, 2.05) is 0 Å². The minimum atomic E-state index is -4.27. The Morgan fingerprint density at radius 2 is 1.52 bits per heavy atom. The van der Waals surface area contributed by atoms with Crippen molar-refractivity contribution in [2.45, 2.75) is 28.7 Å². The second-order valence-electron chi connectivity index (χ2n) is 5.60. The summed E-state index contributed by atoms with van der Waals surface area (Å²) in [5.74, 6) is -2.12. The fourth-order valence-electron chi connectivity index (χ4n) is 2.09. The van der Waals surface area contributed by atoms with E-state index in [1.165, 1.54) is 24.3 Å². The zero-order valence-corrected chi connectivity index (χ0v) is 14.4. The number of nitrogens with one attached hydrogen (secondary N) is 2. The van der Waals surface area contributed by atoms with Gasteiger partial charge in [-0.05, 0) is 49.2 Å². The van der Waals surface area contributed by atoms with Crippen LogP contribution < -0.4 is 9.44 Å². The van der Waals surface area contributed by atoms with Gasteiger partial charge in [-0.2, -0.15) is 0 Å². The van der Waals surface area contributed by atoms with Gasteiger partial charge in [-0.15, -0.1) is 0 Å². The van der Waals surface area contributed by atoms with Gasteiger partial charge in [-0.3, -0.25) is 4.72 Å². The van der Waals surface area contributed by atoms with Crippen LogP contribution in [0.5, 0.6) is 0 Å². The molecule has 134 valence electrons. The first-order chi connectivity index (χ1) is 11.7. The van der Waals surface area contributed by atoms with Crippen LogP contribution >= 0.6 is 0 Å². The Bertz CT molecular complexity index is 1000. The molecule has 6 nitrogen and oxygen atoms in total. The first kappa shape index (κ1) is 17.8. The molecular weight excluding hydrogens is 374 g/mol. The number of rotatable bonds is 6. The molecule has 0 unspecified atom stereocenters. The zero-order valence-electron chi connectivity index (χ0n) is 12.7. The summed E-state index contributed by atoms with van der Waals surface area (Å²) < 4.78 is 79.6. The molecule has 0 spiro atoms. The third-order valence-corrected chi connectivity index (χ3v) is 6.45. The van der Waals surface area contributed by atoms with Crippen molar-refractivity contribution >= 4 is 25.7 Å². The van der Waals surface area contributed by atoms with Gasteiger partial charge in [0.25, 0.3) is 10.0 Å². The molecule has 1 aliphatic rings. The van der Waals surface area contributed by atoms with Crippen molar-refractivity contribution < 1.29 is 25.6 Å². The van der Waals surface area contributed by atoms with Crippen molar-refractivity contribution in [1.82, 2.24) is 4.72 Å². The molecule has 2 aromatic rings. The molecule has 1 aliphatic carbocycles. The molecule has 3 rings (SSSR count). The van der Waals surface area contributed by atoms with Crippen molar-refractivity contribution in [3.05, 3.63) is 54.1 Å². The van der Waals surface area contributed by atoms with Crippen LogP contribution in [0.3, 0.4) is 0 Å². The number of sulfonamides is 2. The molecule has 25 heavy (non-hydrogen) atoms. The Morgan fingerprint density at radius 3 is 2.08 bits per heavy atom. The Kier molecular flexibility index (Phi) is 4.52. The van der Waals surface area contributed by atoms with Crippen LogP contribution in [-0.4, -0.2) is 22.9 Å². The summed E-state index contributed by atoms with van der Waals surface area (Å²) in [6.45, 7) is 0. The van der Waals surface area contributed by atoms with Crippen LogP contribution in [-0.2, 0) is 20.0 Å². The molecule has 0 amide bonds. The lowest BCUT2D eigenvalue weighted by atomic mass is 10.3. The second kappa shape index (κ2) is 6.36. The maximum absolute atomic E-state index is 13.6. The van der Waals surface area contributed by atoms with Crippen molar-refractivity contribution in [1.29, 1.82) is 0 Å². The molecule has 2 N–H and O–H groups in total.